The molecule has 0 bridgehead atoms. The fraction of sp³-hybridized carbons (Fsp3) is 0.905. The Balaban J connectivity index is 4.22. The van der Waals surface area contributed by atoms with E-state index in [1.165, 1.54) is 128 Å². The molecular weight excluding hydrogens is 632 g/mol. The Morgan fingerprint density at radius 2 is 0.640 bits per heavy atom. The third kappa shape index (κ3) is 37.1. The van der Waals surface area contributed by atoms with Crippen LogP contribution in [-0.4, -0.2) is 48.3 Å². The van der Waals surface area contributed by atoms with E-state index in [0.29, 0.717) is 32.1 Å². The molecule has 0 aromatic heterocycles. The van der Waals surface area contributed by atoms with Crippen LogP contribution in [0.5, 0.6) is 0 Å². The summed E-state index contributed by atoms with van der Waals surface area (Å²) in [4.78, 5) is 47.9. The smallest absolute Gasteiger partial charge is 0.306 e. The van der Waals surface area contributed by atoms with Crippen molar-refractivity contribution < 1.29 is 38.5 Å². The molecule has 0 aliphatic heterocycles. The highest BCUT2D eigenvalue weighted by molar-refractivity contribution is 5.71. The maximum Gasteiger partial charge on any atom is 0.306 e. The van der Waals surface area contributed by atoms with E-state index in [-0.39, 0.29) is 38.0 Å². The molecule has 50 heavy (non-hydrogen) atoms. The summed E-state index contributed by atoms with van der Waals surface area (Å²) in [6, 6.07) is 0. The number of carboxylic acid groups (broad SMARTS) is 1. The predicted molar refractivity (Wildman–Crippen MR) is 203 cm³/mol. The Labute approximate surface area is 306 Å². The van der Waals surface area contributed by atoms with Gasteiger partial charge in [0.15, 0.2) is 6.10 Å². The first-order valence-electron chi connectivity index (χ1n) is 21.1. The fourth-order valence-electron chi connectivity index (χ4n) is 6.17. The van der Waals surface area contributed by atoms with Crippen LogP contribution in [0.1, 0.15) is 226 Å². The van der Waals surface area contributed by atoms with Gasteiger partial charge >= 0.3 is 23.9 Å². The minimum absolute atomic E-state index is 0.0715. The van der Waals surface area contributed by atoms with E-state index in [9.17, 15) is 19.2 Å². The number of rotatable bonds is 39. The molecule has 8 heteroatoms. The van der Waals surface area contributed by atoms with Crippen molar-refractivity contribution in [2.75, 3.05) is 13.2 Å². The lowest BCUT2D eigenvalue weighted by molar-refractivity contribution is -0.167. The number of ether oxygens (including phenoxy) is 3. The highest BCUT2D eigenvalue weighted by Gasteiger charge is 2.19. The molecule has 294 valence electrons. The van der Waals surface area contributed by atoms with Crippen molar-refractivity contribution in [1.29, 1.82) is 0 Å². The summed E-state index contributed by atoms with van der Waals surface area (Å²) in [5.74, 6) is -1.98. The second kappa shape index (κ2) is 38.1. The molecule has 0 saturated carbocycles. The molecule has 0 heterocycles. The lowest BCUT2D eigenvalue weighted by Crippen LogP contribution is -2.30. The SMILES string of the molecule is CCCCCCCCCCCCCCCC(=O)OCC(COC(=O)CCCCCCCCCCCCCCC)OC(=O)CCCCCC(=O)O. The Hall–Kier alpha value is -2.12. The van der Waals surface area contributed by atoms with Crippen molar-refractivity contribution in [3.63, 3.8) is 0 Å². The first kappa shape index (κ1) is 47.9. The summed E-state index contributed by atoms with van der Waals surface area (Å²) in [6.45, 7) is 4.21. The molecule has 0 aliphatic rings. The van der Waals surface area contributed by atoms with E-state index in [0.717, 1.165) is 38.5 Å². The summed E-state index contributed by atoms with van der Waals surface area (Å²) < 4.78 is 16.4. The Kier molecular flexibility index (Phi) is 36.5. The molecule has 0 amide bonds. The van der Waals surface area contributed by atoms with E-state index in [1.807, 2.05) is 0 Å². The van der Waals surface area contributed by atoms with Gasteiger partial charge in [0.2, 0.25) is 0 Å². The standard InChI is InChI=1S/C42H78O8/c1-3-5-7-9-11-13-15-17-19-21-23-25-29-33-40(45)48-36-38(50-42(47)35-31-27-28-32-39(43)44)37-49-41(46)34-30-26-24-22-20-18-16-14-12-10-8-6-4-2/h38H,3-37H2,1-2H3,(H,43,44). The van der Waals surface area contributed by atoms with Crippen LogP contribution in [0.3, 0.4) is 0 Å². The summed E-state index contributed by atoms with van der Waals surface area (Å²) in [6.07, 6.45) is 33.7. The van der Waals surface area contributed by atoms with Gasteiger partial charge < -0.3 is 19.3 Å². The molecule has 0 spiro atoms. The Bertz CT molecular complexity index is 753. The third-order valence-electron chi connectivity index (χ3n) is 9.40. The van der Waals surface area contributed by atoms with Crippen LogP contribution >= 0.6 is 0 Å². The van der Waals surface area contributed by atoms with Gasteiger partial charge in [0.25, 0.3) is 0 Å². The number of hydrogen-bond donors (Lipinski definition) is 1. The summed E-state index contributed by atoms with van der Waals surface area (Å²) in [5.41, 5.74) is 0. The zero-order valence-corrected chi connectivity index (χ0v) is 32.6. The average Bonchev–Trinajstić information content (AvgIpc) is 3.09. The summed E-state index contributed by atoms with van der Waals surface area (Å²) >= 11 is 0. The number of carbonyl (C=O) groups excluding carboxylic acids is 3. The average molecular weight is 711 g/mol. The van der Waals surface area contributed by atoms with E-state index in [2.05, 4.69) is 13.8 Å². The van der Waals surface area contributed by atoms with Crippen LogP contribution in [0.15, 0.2) is 0 Å². The first-order chi connectivity index (χ1) is 24.4. The van der Waals surface area contributed by atoms with Crippen LogP contribution in [0.2, 0.25) is 0 Å². The quantitative estimate of drug-likeness (QED) is 0.0381. The summed E-state index contributed by atoms with van der Waals surface area (Å²) in [7, 11) is 0. The maximum atomic E-state index is 12.4. The van der Waals surface area contributed by atoms with Gasteiger partial charge in [0.05, 0.1) is 0 Å². The number of carboxylic acids is 1. The number of esters is 3. The number of hydrogen-bond acceptors (Lipinski definition) is 7. The molecule has 0 aromatic carbocycles. The van der Waals surface area contributed by atoms with Crippen LogP contribution in [0, 0.1) is 0 Å². The molecule has 0 fully saturated rings. The van der Waals surface area contributed by atoms with E-state index in [1.54, 1.807) is 0 Å². The zero-order chi connectivity index (χ0) is 36.8. The minimum atomic E-state index is -0.854. The molecule has 0 radical (unpaired) electrons. The van der Waals surface area contributed by atoms with Crippen molar-refractivity contribution in [1.82, 2.24) is 0 Å². The Morgan fingerprint density at radius 1 is 0.380 bits per heavy atom. The molecular formula is C42H78O8. The molecule has 0 saturated heterocycles. The fourth-order valence-corrected chi connectivity index (χ4v) is 6.17. The van der Waals surface area contributed by atoms with Gasteiger partial charge in [-0.15, -0.1) is 0 Å². The second-order valence-electron chi connectivity index (χ2n) is 14.4. The molecule has 0 rings (SSSR count). The monoisotopic (exact) mass is 711 g/mol. The molecule has 0 unspecified atom stereocenters. The van der Waals surface area contributed by atoms with Gasteiger partial charge in [-0.1, -0.05) is 174 Å². The molecule has 1 N–H and O–H groups in total. The van der Waals surface area contributed by atoms with Crippen LogP contribution in [0.4, 0.5) is 0 Å². The molecule has 0 aromatic rings. The van der Waals surface area contributed by atoms with Crippen molar-refractivity contribution in [3.8, 4) is 0 Å². The zero-order valence-electron chi connectivity index (χ0n) is 32.6. The van der Waals surface area contributed by atoms with Gasteiger partial charge in [0.1, 0.15) is 13.2 Å². The molecule has 0 atom stereocenters. The Morgan fingerprint density at radius 3 is 0.960 bits per heavy atom. The number of unbranched alkanes of at least 4 members (excludes halogenated alkanes) is 26. The van der Waals surface area contributed by atoms with Gasteiger partial charge in [-0.2, -0.15) is 0 Å². The number of carbonyl (C=O) groups is 4. The van der Waals surface area contributed by atoms with Crippen molar-refractivity contribution in [3.05, 3.63) is 0 Å². The van der Waals surface area contributed by atoms with Crippen LogP contribution in [-0.2, 0) is 33.4 Å². The van der Waals surface area contributed by atoms with Gasteiger partial charge in [-0.25, -0.2) is 0 Å². The highest BCUT2D eigenvalue weighted by atomic mass is 16.6. The van der Waals surface area contributed by atoms with Crippen LogP contribution < -0.4 is 0 Å². The van der Waals surface area contributed by atoms with Crippen molar-refractivity contribution in [2.24, 2.45) is 0 Å². The van der Waals surface area contributed by atoms with E-state index < -0.39 is 18.0 Å². The third-order valence-corrected chi connectivity index (χ3v) is 9.40. The highest BCUT2D eigenvalue weighted by Crippen LogP contribution is 2.15. The molecule has 0 aliphatic carbocycles. The topological polar surface area (TPSA) is 116 Å². The minimum Gasteiger partial charge on any atom is -0.481 e. The van der Waals surface area contributed by atoms with Gasteiger partial charge in [-0.3, -0.25) is 19.2 Å². The van der Waals surface area contributed by atoms with Gasteiger partial charge in [-0.05, 0) is 25.7 Å². The van der Waals surface area contributed by atoms with Crippen LogP contribution in [0.25, 0.3) is 0 Å². The van der Waals surface area contributed by atoms with Crippen molar-refractivity contribution >= 4 is 23.9 Å². The van der Waals surface area contributed by atoms with Gasteiger partial charge in [0, 0.05) is 25.7 Å². The lowest BCUT2D eigenvalue weighted by Gasteiger charge is -2.18. The largest absolute Gasteiger partial charge is 0.481 e. The first-order valence-corrected chi connectivity index (χ1v) is 21.1. The predicted octanol–water partition coefficient (Wildman–Crippen LogP) is 12.0. The summed E-state index contributed by atoms with van der Waals surface area (Å²) in [5, 5.41) is 8.78. The maximum absolute atomic E-state index is 12.4. The van der Waals surface area contributed by atoms with E-state index >= 15 is 0 Å². The normalized spacial score (nSPS) is 11.2. The lowest BCUT2D eigenvalue weighted by atomic mass is 10.0. The second-order valence-corrected chi connectivity index (χ2v) is 14.4. The number of aliphatic carboxylic acids is 1. The molecule has 8 nitrogen and oxygen atoms in total. The van der Waals surface area contributed by atoms with E-state index in [4.69, 9.17) is 19.3 Å². The van der Waals surface area contributed by atoms with Crippen molar-refractivity contribution in [2.45, 2.75) is 232 Å².